The molecule has 1 aromatic rings. The average molecular weight is 249 g/mol. The van der Waals surface area contributed by atoms with Crippen molar-refractivity contribution in [1.29, 1.82) is 0 Å². The molecular formula is C13H20BNO3. The zero-order valence-electron chi connectivity index (χ0n) is 10.7. The predicted octanol–water partition coefficient (Wildman–Crippen LogP) is -0.0228. The summed E-state index contributed by atoms with van der Waals surface area (Å²) in [6.45, 7) is 5.69. The number of hydrogen-bond acceptors (Lipinski definition) is 4. The first-order valence-corrected chi connectivity index (χ1v) is 6.44. The number of rotatable bonds is 3. The first-order chi connectivity index (χ1) is 8.65. The summed E-state index contributed by atoms with van der Waals surface area (Å²) in [5.74, 6) is 0. The maximum absolute atomic E-state index is 9.16. The molecule has 0 bridgehead atoms. The average Bonchev–Trinajstić information content (AvgIpc) is 2.54. The van der Waals surface area contributed by atoms with E-state index in [2.05, 4.69) is 11.8 Å². The molecule has 0 amide bonds. The molecule has 1 saturated heterocycles. The van der Waals surface area contributed by atoms with Crippen LogP contribution >= 0.6 is 0 Å². The Kier molecular flexibility index (Phi) is 4.77. The first kappa shape index (κ1) is 13.6. The van der Waals surface area contributed by atoms with E-state index in [0.29, 0.717) is 5.46 Å². The second-order valence-electron chi connectivity index (χ2n) is 4.89. The van der Waals surface area contributed by atoms with Gasteiger partial charge in [0.05, 0.1) is 6.10 Å². The quantitative estimate of drug-likeness (QED) is 0.739. The van der Waals surface area contributed by atoms with E-state index >= 15 is 0 Å². The largest absolute Gasteiger partial charge is 0.488 e. The second kappa shape index (κ2) is 6.34. The topological polar surface area (TPSA) is 52.9 Å². The van der Waals surface area contributed by atoms with E-state index in [1.807, 2.05) is 18.2 Å². The molecule has 1 fully saturated rings. The molecule has 1 unspecified atom stereocenters. The summed E-state index contributed by atoms with van der Waals surface area (Å²) in [5, 5.41) is 18.3. The third-order valence-electron chi connectivity index (χ3n) is 3.19. The van der Waals surface area contributed by atoms with E-state index in [1.54, 1.807) is 6.07 Å². The molecule has 98 valence electrons. The summed E-state index contributed by atoms with van der Waals surface area (Å²) in [4.78, 5) is 2.35. The van der Waals surface area contributed by atoms with Gasteiger partial charge in [-0.2, -0.15) is 0 Å². The van der Waals surface area contributed by atoms with Crippen LogP contribution in [0.25, 0.3) is 0 Å². The maximum atomic E-state index is 9.16. The maximum Gasteiger partial charge on any atom is 0.488 e. The van der Waals surface area contributed by atoms with Crippen LogP contribution in [0.15, 0.2) is 24.3 Å². The zero-order chi connectivity index (χ0) is 13.0. The Hall–Kier alpha value is -0.875. The van der Waals surface area contributed by atoms with E-state index in [0.717, 1.165) is 38.2 Å². The first-order valence-electron chi connectivity index (χ1n) is 6.44. The highest BCUT2D eigenvalue weighted by Gasteiger charge is 2.16. The molecule has 0 aliphatic carbocycles. The van der Waals surface area contributed by atoms with Gasteiger partial charge < -0.3 is 14.8 Å². The van der Waals surface area contributed by atoms with Crippen molar-refractivity contribution < 1.29 is 14.8 Å². The van der Waals surface area contributed by atoms with Crippen LogP contribution in [-0.4, -0.2) is 47.9 Å². The summed E-state index contributed by atoms with van der Waals surface area (Å²) in [5.41, 5.74) is 1.65. The second-order valence-corrected chi connectivity index (χ2v) is 4.89. The molecule has 18 heavy (non-hydrogen) atoms. The Morgan fingerprint density at radius 1 is 1.44 bits per heavy atom. The van der Waals surface area contributed by atoms with Gasteiger partial charge in [-0.1, -0.05) is 24.3 Å². The van der Waals surface area contributed by atoms with Gasteiger partial charge in [0.25, 0.3) is 0 Å². The van der Waals surface area contributed by atoms with Crippen LogP contribution < -0.4 is 5.46 Å². The molecule has 0 spiro atoms. The fourth-order valence-electron chi connectivity index (χ4n) is 2.33. The van der Waals surface area contributed by atoms with Crippen molar-refractivity contribution >= 4 is 12.6 Å². The highest BCUT2D eigenvalue weighted by molar-refractivity contribution is 6.58. The molecule has 1 aromatic carbocycles. The lowest BCUT2D eigenvalue weighted by Crippen LogP contribution is -2.32. The van der Waals surface area contributed by atoms with Gasteiger partial charge in [0.2, 0.25) is 0 Å². The van der Waals surface area contributed by atoms with Gasteiger partial charge in [-0.05, 0) is 24.4 Å². The Bertz CT molecular complexity index is 386. The molecular weight excluding hydrogens is 229 g/mol. The van der Waals surface area contributed by atoms with Crippen molar-refractivity contribution in [1.82, 2.24) is 4.90 Å². The third kappa shape index (κ3) is 3.81. The van der Waals surface area contributed by atoms with E-state index in [-0.39, 0.29) is 6.10 Å². The number of ether oxygens (including phenoxy) is 1. The highest BCUT2D eigenvalue weighted by Crippen LogP contribution is 2.10. The SMILES string of the molecule is CC1CN(Cc2cccc(B(O)O)c2)CCCO1. The molecule has 1 aliphatic heterocycles. The van der Waals surface area contributed by atoms with Gasteiger partial charge in [0.15, 0.2) is 0 Å². The number of nitrogens with zero attached hydrogens (tertiary/aromatic N) is 1. The van der Waals surface area contributed by atoms with Crippen molar-refractivity contribution in [2.24, 2.45) is 0 Å². The summed E-state index contributed by atoms with van der Waals surface area (Å²) in [6.07, 6.45) is 1.31. The Labute approximate surface area is 108 Å². The molecule has 2 rings (SSSR count). The summed E-state index contributed by atoms with van der Waals surface area (Å²) in [6, 6.07) is 7.45. The third-order valence-corrected chi connectivity index (χ3v) is 3.19. The Morgan fingerprint density at radius 3 is 3.06 bits per heavy atom. The van der Waals surface area contributed by atoms with Gasteiger partial charge in [-0.15, -0.1) is 0 Å². The van der Waals surface area contributed by atoms with Crippen LogP contribution in [-0.2, 0) is 11.3 Å². The molecule has 1 atom stereocenters. The summed E-state index contributed by atoms with van der Waals surface area (Å²) in [7, 11) is -1.39. The summed E-state index contributed by atoms with van der Waals surface area (Å²) < 4.78 is 5.61. The van der Waals surface area contributed by atoms with Crippen LogP contribution in [0.1, 0.15) is 18.9 Å². The fraction of sp³-hybridized carbons (Fsp3) is 0.538. The van der Waals surface area contributed by atoms with E-state index in [1.165, 1.54) is 0 Å². The van der Waals surface area contributed by atoms with Gasteiger partial charge in [-0.3, -0.25) is 4.90 Å². The Balaban J connectivity index is 2.01. The van der Waals surface area contributed by atoms with Gasteiger partial charge in [-0.25, -0.2) is 0 Å². The number of benzene rings is 1. The molecule has 1 aliphatic rings. The van der Waals surface area contributed by atoms with Crippen LogP contribution in [0.3, 0.4) is 0 Å². The van der Waals surface area contributed by atoms with Gasteiger partial charge >= 0.3 is 7.12 Å². The van der Waals surface area contributed by atoms with Crippen LogP contribution in [0.5, 0.6) is 0 Å². The number of hydrogen-bond donors (Lipinski definition) is 2. The standard InChI is InChI=1S/C13H20BNO3/c1-11-9-15(6-3-7-18-11)10-12-4-2-5-13(8-12)14(16)17/h2,4-5,8,11,16-17H,3,6-7,9-10H2,1H3. The highest BCUT2D eigenvalue weighted by atomic mass is 16.5. The molecule has 5 heteroatoms. The van der Waals surface area contributed by atoms with Crippen molar-refractivity contribution in [3.8, 4) is 0 Å². The minimum absolute atomic E-state index is 0.263. The molecule has 2 N–H and O–H groups in total. The van der Waals surface area contributed by atoms with E-state index in [4.69, 9.17) is 14.8 Å². The van der Waals surface area contributed by atoms with Crippen LogP contribution in [0.4, 0.5) is 0 Å². The van der Waals surface area contributed by atoms with Crippen molar-refractivity contribution in [3.63, 3.8) is 0 Å². The van der Waals surface area contributed by atoms with Gasteiger partial charge in [0.1, 0.15) is 0 Å². The smallest absolute Gasteiger partial charge is 0.423 e. The monoisotopic (exact) mass is 249 g/mol. The van der Waals surface area contributed by atoms with Crippen molar-refractivity contribution in [2.45, 2.75) is 26.0 Å². The lowest BCUT2D eigenvalue weighted by atomic mass is 9.79. The molecule has 0 saturated carbocycles. The minimum atomic E-state index is -1.39. The summed E-state index contributed by atoms with van der Waals surface area (Å²) >= 11 is 0. The van der Waals surface area contributed by atoms with Crippen molar-refractivity contribution in [3.05, 3.63) is 29.8 Å². The van der Waals surface area contributed by atoms with Crippen LogP contribution in [0.2, 0.25) is 0 Å². The Morgan fingerprint density at radius 2 is 2.28 bits per heavy atom. The lowest BCUT2D eigenvalue weighted by molar-refractivity contribution is 0.0668. The molecule has 0 aromatic heterocycles. The minimum Gasteiger partial charge on any atom is -0.423 e. The van der Waals surface area contributed by atoms with E-state index in [9.17, 15) is 0 Å². The predicted molar refractivity (Wildman–Crippen MR) is 71.6 cm³/mol. The van der Waals surface area contributed by atoms with Gasteiger partial charge in [0, 0.05) is 26.2 Å². The zero-order valence-corrected chi connectivity index (χ0v) is 10.7. The normalized spacial score (nSPS) is 21.6. The molecule has 0 radical (unpaired) electrons. The lowest BCUT2D eigenvalue weighted by Gasteiger charge is -2.22. The van der Waals surface area contributed by atoms with Crippen LogP contribution in [0, 0.1) is 0 Å². The van der Waals surface area contributed by atoms with Crippen molar-refractivity contribution in [2.75, 3.05) is 19.7 Å². The fourth-order valence-corrected chi connectivity index (χ4v) is 2.33. The van der Waals surface area contributed by atoms with E-state index < -0.39 is 7.12 Å². The molecule has 4 nitrogen and oxygen atoms in total. The molecule has 1 heterocycles.